The maximum Gasteiger partial charge on any atom is 0.243 e. The normalized spacial score (nSPS) is 22.3. The van der Waals surface area contributed by atoms with Crippen molar-refractivity contribution in [3.8, 4) is 0 Å². The molecule has 0 aliphatic carbocycles. The molecule has 1 heterocycles. The average molecular weight is 232 g/mol. The lowest BCUT2D eigenvalue weighted by Crippen LogP contribution is -2.37. The first-order valence-corrected chi connectivity index (χ1v) is 6.79. The molecule has 0 aromatic rings. The Morgan fingerprint density at radius 2 is 2.13 bits per heavy atom. The topological polar surface area (TPSA) is 55.6 Å². The van der Waals surface area contributed by atoms with Gasteiger partial charge in [0.05, 0.1) is 6.61 Å². The lowest BCUT2D eigenvalue weighted by atomic mass is 9.82. The van der Waals surface area contributed by atoms with Crippen molar-refractivity contribution in [3.05, 3.63) is 0 Å². The zero-order valence-corrected chi connectivity index (χ0v) is 10.6. The molecular formula is C10H21N2O2P. The highest BCUT2D eigenvalue weighted by molar-refractivity contribution is 7.34. The van der Waals surface area contributed by atoms with Crippen molar-refractivity contribution in [2.75, 3.05) is 33.0 Å². The fourth-order valence-corrected chi connectivity index (χ4v) is 2.48. The van der Waals surface area contributed by atoms with Crippen molar-refractivity contribution < 1.29 is 9.53 Å². The molecule has 0 spiro atoms. The first-order valence-electron chi connectivity index (χ1n) is 5.34. The van der Waals surface area contributed by atoms with Crippen LogP contribution in [0.5, 0.6) is 0 Å². The molecule has 1 saturated heterocycles. The third-order valence-electron chi connectivity index (χ3n) is 2.98. The smallest absolute Gasteiger partial charge is 0.243 e. The average Bonchev–Trinajstić information content (AvgIpc) is 2.18. The number of primary amides is 1. The summed E-state index contributed by atoms with van der Waals surface area (Å²) in [5, 5.41) is 0. The van der Waals surface area contributed by atoms with Crippen molar-refractivity contribution >= 4 is 14.6 Å². The number of piperidine rings is 1. The van der Waals surface area contributed by atoms with Crippen LogP contribution in [0.1, 0.15) is 19.8 Å². The molecule has 1 unspecified atom stereocenters. The van der Waals surface area contributed by atoms with Crippen LogP contribution in [0, 0.1) is 5.41 Å². The van der Waals surface area contributed by atoms with Gasteiger partial charge in [-0.05, 0) is 24.9 Å². The summed E-state index contributed by atoms with van der Waals surface area (Å²) in [6, 6.07) is 0. The Morgan fingerprint density at radius 1 is 1.53 bits per heavy atom. The number of nitrogens with two attached hydrogens (primary N) is 1. The first-order chi connectivity index (χ1) is 7.06. The van der Waals surface area contributed by atoms with E-state index in [0.29, 0.717) is 6.61 Å². The van der Waals surface area contributed by atoms with Crippen LogP contribution in [0.3, 0.4) is 0 Å². The van der Waals surface area contributed by atoms with Crippen LogP contribution in [0.2, 0.25) is 0 Å². The molecular weight excluding hydrogens is 211 g/mol. The number of amides is 1. The Labute approximate surface area is 93.4 Å². The van der Waals surface area contributed by atoms with E-state index in [4.69, 9.17) is 10.5 Å². The second-order valence-electron chi connectivity index (χ2n) is 4.48. The van der Waals surface area contributed by atoms with Gasteiger partial charge in [0.15, 0.2) is 0 Å². The van der Waals surface area contributed by atoms with Crippen LogP contribution in [-0.4, -0.2) is 43.5 Å². The fourth-order valence-electron chi connectivity index (χ4n) is 1.81. The Hall–Kier alpha value is -0.180. The number of ether oxygens (including phenoxy) is 1. The van der Waals surface area contributed by atoms with E-state index in [1.165, 1.54) is 0 Å². The summed E-state index contributed by atoms with van der Waals surface area (Å²) in [6.45, 7) is 7.43. The van der Waals surface area contributed by atoms with Crippen LogP contribution in [0.15, 0.2) is 0 Å². The van der Waals surface area contributed by atoms with E-state index in [1.807, 2.05) is 0 Å². The van der Waals surface area contributed by atoms with Gasteiger partial charge in [-0.15, -0.1) is 0 Å². The van der Waals surface area contributed by atoms with Crippen LogP contribution in [-0.2, 0) is 9.53 Å². The summed E-state index contributed by atoms with van der Waals surface area (Å²) in [5.41, 5.74) is 5.25. The van der Waals surface area contributed by atoms with Gasteiger partial charge in [-0.3, -0.25) is 9.46 Å². The minimum atomic E-state index is -0.383. The zero-order valence-electron chi connectivity index (χ0n) is 9.58. The van der Waals surface area contributed by atoms with Gasteiger partial charge in [-0.25, -0.2) is 0 Å². The standard InChI is InChI=1S/C10H21N2O2P/c1-10(8-14-7-9(11)13)3-5-12(15-2)6-4-10/h15H,3-8H2,1-2H3,(H2,11,13). The molecule has 0 aromatic heterocycles. The van der Waals surface area contributed by atoms with Gasteiger partial charge in [0.1, 0.15) is 6.61 Å². The number of hydrogen-bond acceptors (Lipinski definition) is 3. The molecule has 4 nitrogen and oxygen atoms in total. The molecule has 1 fully saturated rings. The van der Waals surface area contributed by atoms with E-state index in [2.05, 4.69) is 18.3 Å². The minimum absolute atomic E-state index is 0.0504. The Morgan fingerprint density at radius 3 is 2.60 bits per heavy atom. The fraction of sp³-hybridized carbons (Fsp3) is 0.900. The van der Waals surface area contributed by atoms with Crippen molar-refractivity contribution in [2.45, 2.75) is 19.8 Å². The van der Waals surface area contributed by atoms with Crippen LogP contribution >= 0.6 is 8.73 Å². The van der Waals surface area contributed by atoms with Crippen molar-refractivity contribution in [2.24, 2.45) is 11.1 Å². The summed E-state index contributed by atoms with van der Waals surface area (Å²) in [7, 11) is 0.900. The number of hydrogen-bond donors (Lipinski definition) is 1. The van der Waals surface area contributed by atoms with Crippen molar-refractivity contribution in [1.82, 2.24) is 4.67 Å². The number of nitrogens with zero attached hydrogens (tertiary/aromatic N) is 1. The van der Waals surface area contributed by atoms with Gasteiger partial charge in [0, 0.05) is 13.1 Å². The van der Waals surface area contributed by atoms with E-state index < -0.39 is 0 Å². The quantitative estimate of drug-likeness (QED) is 0.714. The van der Waals surface area contributed by atoms with Gasteiger partial charge in [0.25, 0.3) is 0 Å². The molecule has 88 valence electrons. The van der Waals surface area contributed by atoms with E-state index in [-0.39, 0.29) is 17.9 Å². The van der Waals surface area contributed by atoms with Crippen LogP contribution < -0.4 is 5.73 Å². The predicted octanol–water partition coefficient (Wildman–Crippen LogP) is 0.814. The lowest BCUT2D eigenvalue weighted by Gasteiger charge is -2.38. The molecule has 1 aliphatic heterocycles. The lowest BCUT2D eigenvalue weighted by molar-refractivity contribution is -0.123. The third-order valence-corrected chi connectivity index (χ3v) is 4.06. The molecule has 1 rings (SSSR count). The van der Waals surface area contributed by atoms with E-state index in [1.54, 1.807) is 0 Å². The first kappa shape index (κ1) is 12.9. The molecule has 1 aliphatic rings. The molecule has 1 amide bonds. The Kier molecular flexibility index (Phi) is 4.97. The Bertz CT molecular complexity index is 215. The highest BCUT2D eigenvalue weighted by Crippen LogP contribution is 2.34. The predicted molar refractivity (Wildman–Crippen MR) is 63.2 cm³/mol. The van der Waals surface area contributed by atoms with E-state index in [0.717, 1.165) is 34.7 Å². The van der Waals surface area contributed by atoms with Gasteiger partial charge < -0.3 is 10.5 Å². The van der Waals surface area contributed by atoms with E-state index >= 15 is 0 Å². The molecule has 1 atom stereocenters. The summed E-state index contributed by atoms with van der Waals surface area (Å²) in [4.78, 5) is 10.5. The highest BCUT2D eigenvalue weighted by atomic mass is 31.1. The SMILES string of the molecule is CPN1CCC(C)(COCC(N)=O)CC1. The zero-order chi connectivity index (χ0) is 11.3. The number of rotatable bonds is 5. The van der Waals surface area contributed by atoms with Gasteiger partial charge in [0.2, 0.25) is 5.91 Å². The third kappa shape index (κ3) is 4.45. The molecule has 15 heavy (non-hydrogen) atoms. The van der Waals surface area contributed by atoms with Gasteiger partial charge >= 0.3 is 0 Å². The van der Waals surface area contributed by atoms with Crippen molar-refractivity contribution in [3.63, 3.8) is 0 Å². The summed E-state index contributed by atoms with van der Waals surface area (Å²) in [6.07, 6.45) is 2.29. The molecule has 5 heteroatoms. The number of carbonyl (C=O) groups excluding carboxylic acids is 1. The maximum absolute atomic E-state index is 10.5. The summed E-state index contributed by atoms with van der Waals surface area (Å²) in [5.74, 6) is -0.383. The molecule has 2 N–H and O–H groups in total. The summed E-state index contributed by atoms with van der Waals surface area (Å²) < 4.78 is 7.78. The molecule has 0 radical (unpaired) electrons. The van der Waals surface area contributed by atoms with Crippen LogP contribution in [0.4, 0.5) is 0 Å². The Balaban J connectivity index is 2.25. The monoisotopic (exact) mass is 232 g/mol. The molecule has 0 saturated carbocycles. The second-order valence-corrected chi connectivity index (χ2v) is 5.56. The largest absolute Gasteiger partial charge is 0.371 e. The minimum Gasteiger partial charge on any atom is -0.371 e. The summed E-state index contributed by atoms with van der Waals surface area (Å²) >= 11 is 0. The van der Waals surface area contributed by atoms with Gasteiger partial charge in [-0.2, -0.15) is 0 Å². The molecule has 0 bridgehead atoms. The van der Waals surface area contributed by atoms with Crippen LogP contribution in [0.25, 0.3) is 0 Å². The van der Waals surface area contributed by atoms with Crippen molar-refractivity contribution in [1.29, 1.82) is 0 Å². The maximum atomic E-state index is 10.5. The van der Waals surface area contributed by atoms with E-state index in [9.17, 15) is 4.79 Å². The van der Waals surface area contributed by atoms with Gasteiger partial charge in [-0.1, -0.05) is 15.7 Å². The molecule has 0 aromatic carbocycles. The second kappa shape index (κ2) is 5.78. The highest BCUT2D eigenvalue weighted by Gasteiger charge is 2.29. The number of carbonyl (C=O) groups is 1.